The lowest BCUT2D eigenvalue weighted by Gasteiger charge is -2.26. The summed E-state index contributed by atoms with van der Waals surface area (Å²) in [5, 5.41) is 3.87. The minimum absolute atomic E-state index is 0.0371. The van der Waals surface area contributed by atoms with Gasteiger partial charge in [0.05, 0.1) is 20.3 Å². The number of hydrogen-bond acceptors (Lipinski definition) is 5. The Kier molecular flexibility index (Phi) is 5.90. The van der Waals surface area contributed by atoms with Gasteiger partial charge >= 0.3 is 0 Å². The Hall–Kier alpha value is -2.99. The lowest BCUT2D eigenvalue weighted by atomic mass is 10.0. The van der Waals surface area contributed by atoms with Crippen LogP contribution in [0.1, 0.15) is 27.7 Å². The van der Waals surface area contributed by atoms with Crippen LogP contribution >= 0.6 is 0 Å². The molecule has 0 aliphatic rings. The fraction of sp³-hybridized carbons (Fsp3) is 0.318. The van der Waals surface area contributed by atoms with Gasteiger partial charge in [-0.15, -0.1) is 0 Å². The van der Waals surface area contributed by atoms with Crippen LogP contribution in [0.2, 0.25) is 0 Å². The van der Waals surface area contributed by atoms with E-state index in [1.165, 1.54) is 0 Å². The molecule has 0 radical (unpaired) electrons. The fourth-order valence-corrected chi connectivity index (χ4v) is 3.33. The van der Waals surface area contributed by atoms with Crippen LogP contribution in [-0.4, -0.2) is 45.7 Å². The Labute approximate surface area is 165 Å². The first-order valence-electron chi connectivity index (χ1n) is 9.11. The number of para-hydroxylation sites is 1. The average molecular weight is 382 g/mol. The molecule has 3 aromatic rings. The molecule has 1 aromatic heterocycles. The number of carbonyl (C=O) groups excluding carboxylic acids is 1. The van der Waals surface area contributed by atoms with Crippen LogP contribution in [0.25, 0.3) is 11.0 Å². The topological polar surface area (TPSA) is 63.9 Å². The zero-order valence-electron chi connectivity index (χ0n) is 16.9. The third-order valence-electron chi connectivity index (χ3n) is 4.93. The standard InChI is InChI=1S/C22H26N2O4/c1-14-17-12-15(26-4)10-11-20(17)28-21(14)22(25)23-13-18(24(2)3)16-8-6-7-9-19(16)27-5/h6-12,18H,13H2,1-5H3,(H,23,25)/t18-/m0/s1. The summed E-state index contributed by atoms with van der Waals surface area (Å²) in [7, 11) is 7.21. The minimum atomic E-state index is -0.241. The van der Waals surface area contributed by atoms with Crippen LogP contribution < -0.4 is 14.8 Å². The molecule has 1 N–H and O–H groups in total. The Bertz CT molecular complexity index is 978. The number of nitrogens with zero attached hydrogens (tertiary/aromatic N) is 1. The van der Waals surface area contributed by atoms with Gasteiger partial charge in [-0.25, -0.2) is 0 Å². The van der Waals surface area contributed by atoms with E-state index in [0.29, 0.717) is 17.9 Å². The number of amides is 1. The van der Waals surface area contributed by atoms with Gasteiger partial charge in [-0.3, -0.25) is 4.79 Å². The van der Waals surface area contributed by atoms with Crippen molar-refractivity contribution in [2.75, 3.05) is 34.9 Å². The van der Waals surface area contributed by atoms with Gasteiger partial charge in [-0.05, 0) is 45.3 Å². The van der Waals surface area contributed by atoms with Crippen molar-refractivity contribution in [3.8, 4) is 11.5 Å². The number of carbonyl (C=O) groups is 1. The molecule has 0 unspecified atom stereocenters. The molecule has 0 fully saturated rings. The van der Waals surface area contributed by atoms with Gasteiger partial charge in [0.15, 0.2) is 5.76 Å². The highest BCUT2D eigenvalue weighted by Gasteiger charge is 2.22. The van der Waals surface area contributed by atoms with E-state index in [1.807, 2.05) is 63.5 Å². The number of hydrogen-bond donors (Lipinski definition) is 1. The summed E-state index contributed by atoms with van der Waals surface area (Å²) < 4.78 is 16.5. The van der Waals surface area contributed by atoms with Crippen LogP contribution in [0.3, 0.4) is 0 Å². The molecule has 28 heavy (non-hydrogen) atoms. The zero-order valence-corrected chi connectivity index (χ0v) is 16.9. The largest absolute Gasteiger partial charge is 0.497 e. The van der Waals surface area contributed by atoms with Crippen molar-refractivity contribution in [3.63, 3.8) is 0 Å². The van der Waals surface area contributed by atoms with Crippen LogP contribution in [0.15, 0.2) is 46.9 Å². The van der Waals surface area contributed by atoms with Crippen LogP contribution in [0, 0.1) is 6.92 Å². The van der Waals surface area contributed by atoms with Crippen LogP contribution in [-0.2, 0) is 0 Å². The number of nitrogens with one attached hydrogen (secondary N) is 1. The Balaban J connectivity index is 1.82. The van der Waals surface area contributed by atoms with Gasteiger partial charge < -0.3 is 24.1 Å². The molecule has 0 bridgehead atoms. The molecule has 1 amide bonds. The second-order valence-corrected chi connectivity index (χ2v) is 6.85. The highest BCUT2D eigenvalue weighted by molar-refractivity contribution is 5.99. The number of benzene rings is 2. The van der Waals surface area contributed by atoms with Crippen molar-refractivity contribution in [2.24, 2.45) is 0 Å². The molecule has 3 rings (SSSR count). The smallest absolute Gasteiger partial charge is 0.287 e. The van der Waals surface area contributed by atoms with Crippen molar-refractivity contribution in [3.05, 3.63) is 59.4 Å². The van der Waals surface area contributed by atoms with Gasteiger partial charge in [0.1, 0.15) is 17.1 Å². The second-order valence-electron chi connectivity index (χ2n) is 6.85. The normalized spacial score (nSPS) is 12.2. The molecule has 6 nitrogen and oxygen atoms in total. The van der Waals surface area contributed by atoms with E-state index >= 15 is 0 Å². The van der Waals surface area contributed by atoms with E-state index < -0.39 is 0 Å². The van der Waals surface area contributed by atoms with Crippen molar-refractivity contribution >= 4 is 16.9 Å². The molecule has 0 spiro atoms. The van der Waals surface area contributed by atoms with Crippen molar-refractivity contribution in [2.45, 2.75) is 13.0 Å². The van der Waals surface area contributed by atoms with E-state index in [-0.39, 0.29) is 11.9 Å². The number of ether oxygens (including phenoxy) is 2. The van der Waals surface area contributed by atoms with Gasteiger partial charge in [-0.2, -0.15) is 0 Å². The van der Waals surface area contributed by atoms with Gasteiger partial charge in [0.2, 0.25) is 0 Å². The monoisotopic (exact) mass is 382 g/mol. The second kappa shape index (κ2) is 8.35. The van der Waals surface area contributed by atoms with Gasteiger partial charge in [-0.1, -0.05) is 18.2 Å². The van der Waals surface area contributed by atoms with E-state index in [0.717, 1.165) is 28.0 Å². The number of methoxy groups -OCH3 is 2. The van der Waals surface area contributed by atoms with E-state index in [9.17, 15) is 4.79 Å². The molecule has 2 aromatic carbocycles. The maximum atomic E-state index is 12.8. The van der Waals surface area contributed by atoms with Crippen molar-refractivity contribution < 1.29 is 18.7 Å². The van der Waals surface area contributed by atoms with Crippen molar-refractivity contribution in [1.82, 2.24) is 10.2 Å². The molecule has 0 saturated heterocycles. The quantitative estimate of drug-likeness (QED) is 0.674. The van der Waals surface area contributed by atoms with E-state index in [1.54, 1.807) is 14.2 Å². The molecular formula is C22H26N2O4. The number of fused-ring (bicyclic) bond motifs is 1. The predicted octanol–water partition coefficient (Wildman–Crippen LogP) is 3.79. The molecule has 148 valence electrons. The van der Waals surface area contributed by atoms with Crippen LogP contribution in [0.4, 0.5) is 0 Å². The molecule has 6 heteroatoms. The highest BCUT2D eigenvalue weighted by atomic mass is 16.5. The first kappa shape index (κ1) is 19.8. The first-order valence-corrected chi connectivity index (χ1v) is 9.11. The van der Waals surface area contributed by atoms with E-state index in [2.05, 4.69) is 10.2 Å². The van der Waals surface area contributed by atoms with Gasteiger partial charge in [0.25, 0.3) is 5.91 Å². The molecule has 0 aliphatic carbocycles. The summed E-state index contributed by atoms with van der Waals surface area (Å²) in [6, 6.07) is 13.3. The number of aryl methyl sites for hydroxylation is 1. The zero-order chi connectivity index (χ0) is 20.3. The summed E-state index contributed by atoms with van der Waals surface area (Å²) >= 11 is 0. The number of furan rings is 1. The maximum absolute atomic E-state index is 12.8. The average Bonchev–Trinajstić information content (AvgIpc) is 3.04. The lowest BCUT2D eigenvalue weighted by Crippen LogP contribution is -2.34. The Morgan fingerprint density at radius 2 is 1.89 bits per heavy atom. The lowest BCUT2D eigenvalue weighted by molar-refractivity contribution is 0.0915. The van der Waals surface area contributed by atoms with E-state index in [4.69, 9.17) is 13.9 Å². The Morgan fingerprint density at radius 3 is 2.57 bits per heavy atom. The third-order valence-corrected chi connectivity index (χ3v) is 4.93. The predicted molar refractivity (Wildman–Crippen MR) is 109 cm³/mol. The summed E-state index contributed by atoms with van der Waals surface area (Å²) in [6.45, 7) is 2.30. The summed E-state index contributed by atoms with van der Waals surface area (Å²) in [6.07, 6.45) is 0. The minimum Gasteiger partial charge on any atom is -0.497 e. The summed E-state index contributed by atoms with van der Waals surface area (Å²) in [4.78, 5) is 14.9. The molecule has 0 saturated carbocycles. The fourth-order valence-electron chi connectivity index (χ4n) is 3.33. The first-order chi connectivity index (χ1) is 13.5. The third kappa shape index (κ3) is 3.82. The Morgan fingerprint density at radius 1 is 1.14 bits per heavy atom. The molecule has 1 heterocycles. The number of rotatable bonds is 7. The molecule has 1 atom stereocenters. The number of likely N-dealkylation sites (N-methyl/N-ethyl adjacent to an activating group) is 1. The summed E-state index contributed by atoms with van der Waals surface area (Å²) in [5.41, 5.74) is 2.48. The summed E-state index contributed by atoms with van der Waals surface area (Å²) in [5.74, 6) is 1.60. The van der Waals surface area contributed by atoms with Gasteiger partial charge in [0, 0.05) is 23.1 Å². The highest BCUT2D eigenvalue weighted by Crippen LogP contribution is 2.30. The SMILES string of the molecule is COc1ccc2oc(C(=O)NC[C@@H](c3ccccc3OC)N(C)C)c(C)c2c1. The van der Waals surface area contributed by atoms with Crippen LogP contribution in [0.5, 0.6) is 11.5 Å². The molecular weight excluding hydrogens is 356 g/mol. The van der Waals surface area contributed by atoms with Crippen molar-refractivity contribution in [1.29, 1.82) is 0 Å². The maximum Gasteiger partial charge on any atom is 0.287 e. The molecule has 0 aliphatic heterocycles.